The molecule has 0 unspecified atom stereocenters. The maximum atomic E-state index is 13.9. The van der Waals surface area contributed by atoms with Crippen molar-refractivity contribution in [3.05, 3.63) is 54.6 Å². The van der Waals surface area contributed by atoms with Crippen molar-refractivity contribution in [1.82, 2.24) is 30.1 Å². The van der Waals surface area contributed by atoms with Crippen LogP contribution in [0.15, 0.2) is 53.3 Å². The Balaban J connectivity index is 1.74. The zero-order chi connectivity index (χ0) is 16.5. The SMILES string of the molecule is Nc1c(-c2nc(-c3ccncc3)no2)nnn1-c1ccccc1F. The summed E-state index contributed by atoms with van der Waals surface area (Å²) in [5.41, 5.74) is 7.12. The first kappa shape index (κ1) is 14.0. The van der Waals surface area contributed by atoms with Crippen LogP contribution in [0.4, 0.5) is 10.2 Å². The maximum Gasteiger partial charge on any atom is 0.282 e. The van der Waals surface area contributed by atoms with Crippen molar-refractivity contribution in [2.45, 2.75) is 0 Å². The van der Waals surface area contributed by atoms with E-state index >= 15 is 0 Å². The van der Waals surface area contributed by atoms with Crippen LogP contribution in [0.1, 0.15) is 0 Å². The van der Waals surface area contributed by atoms with E-state index in [1.807, 2.05) is 0 Å². The van der Waals surface area contributed by atoms with Crippen LogP contribution in [0.2, 0.25) is 0 Å². The highest BCUT2D eigenvalue weighted by molar-refractivity contribution is 5.66. The third-order valence-electron chi connectivity index (χ3n) is 3.35. The second-order valence-corrected chi connectivity index (χ2v) is 4.85. The summed E-state index contributed by atoms with van der Waals surface area (Å²) in [7, 11) is 0. The monoisotopic (exact) mass is 323 g/mol. The van der Waals surface area contributed by atoms with Crippen LogP contribution in [-0.2, 0) is 0 Å². The van der Waals surface area contributed by atoms with E-state index < -0.39 is 5.82 Å². The number of para-hydroxylation sites is 1. The van der Waals surface area contributed by atoms with Crippen molar-refractivity contribution in [2.75, 3.05) is 5.73 Å². The summed E-state index contributed by atoms with van der Waals surface area (Å²) in [6, 6.07) is 9.59. The number of hydrogen-bond acceptors (Lipinski definition) is 7. The first-order valence-electron chi connectivity index (χ1n) is 6.94. The lowest BCUT2D eigenvalue weighted by Crippen LogP contribution is -2.04. The molecule has 118 valence electrons. The Morgan fingerprint density at radius 1 is 1.08 bits per heavy atom. The van der Waals surface area contributed by atoms with E-state index in [-0.39, 0.29) is 23.1 Å². The number of anilines is 1. The van der Waals surface area contributed by atoms with Crippen molar-refractivity contribution in [1.29, 1.82) is 0 Å². The molecule has 3 aromatic heterocycles. The number of aromatic nitrogens is 6. The Labute approximate surface area is 134 Å². The molecule has 24 heavy (non-hydrogen) atoms. The van der Waals surface area contributed by atoms with E-state index in [1.54, 1.807) is 42.7 Å². The van der Waals surface area contributed by atoms with Crippen molar-refractivity contribution in [2.24, 2.45) is 0 Å². The van der Waals surface area contributed by atoms with Gasteiger partial charge in [0.05, 0.1) is 0 Å². The van der Waals surface area contributed by atoms with Gasteiger partial charge in [0.15, 0.2) is 11.5 Å². The average molecular weight is 323 g/mol. The van der Waals surface area contributed by atoms with Crippen LogP contribution < -0.4 is 5.73 Å². The largest absolute Gasteiger partial charge is 0.382 e. The van der Waals surface area contributed by atoms with E-state index in [0.717, 1.165) is 5.56 Å². The number of nitrogens with zero attached hydrogens (tertiary/aromatic N) is 6. The Hall–Kier alpha value is -3.62. The first-order valence-corrected chi connectivity index (χ1v) is 6.94. The van der Waals surface area contributed by atoms with Gasteiger partial charge in [-0.15, -0.1) is 5.10 Å². The van der Waals surface area contributed by atoms with E-state index in [0.29, 0.717) is 5.82 Å². The second kappa shape index (κ2) is 5.54. The number of rotatable bonds is 3. The summed E-state index contributed by atoms with van der Waals surface area (Å²) in [5.74, 6) is 0.0998. The van der Waals surface area contributed by atoms with Crippen molar-refractivity contribution in [3.8, 4) is 28.7 Å². The molecule has 9 heteroatoms. The van der Waals surface area contributed by atoms with Crippen LogP contribution >= 0.6 is 0 Å². The van der Waals surface area contributed by atoms with E-state index in [9.17, 15) is 4.39 Å². The molecule has 0 aliphatic rings. The quantitative estimate of drug-likeness (QED) is 0.615. The van der Waals surface area contributed by atoms with Gasteiger partial charge in [-0.25, -0.2) is 4.39 Å². The van der Waals surface area contributed by atoms with E-state index in [1.165, 1.54) is 10.7 Å². The van der Waals surface area contributed by atoms with Gasteiger partial charge in [-0.05, 0) is 24.3 Å². The summed E-state index contributed by atoms with van der Waals surface area (Å²) in [6.45, 7) is 0. The fraction of sp³-hybridized carbons (Fsp3) is 0. The van der Waals surface area contributed by atoms with Crippen LogP contribution in [0.3, 0.4) is 0 Å². The smallest absolute Gasteiger partial charge is 0.282 e. The minimum absolute atomic E-state index is 0.0990. The minimum atomic E-state index is -0.469. The van der Waals surface area contributed by atoms with Crippen LogP contribution in [-0.4, -0.2) is 30.1 Å². The highest BCUT2D eigenvalue weighted by atomic mass is 19.1. The zero-order valence-corrected chi connectivity index (χ0v) is 12.2. The maximum absolute atomic E-state index is 13.9. The fourth-order valence-electron chi connectivity index (χ4n) is 2.18. The highest BCUT2D eigenvalue weighted by Gasteiger charge is 2.20. The predicted octanol–water partition coefficient (Wildman–Crippen LogP) is 2.10. The van der Waals surface area contributed by atoms with Crippen molar-refractivity contribution >= 4 is 5.82 Å². The molecule has 0 radical (unpaired) electrons. The average Bonchev–Trinajstić information content (AvgIpc) is 3.23. The first-order chi connectivity index (χ1) is 11.7. The van der Waals surface area contributed by atoms with Gasteiger partial charge in [0.1, 0.15) is 11.5 Å². The summed E-state index contributed by atoms with van der Waals surface area (Å²) in [6.07, 6.45) is 3.24. The fourth-order valence-corrected chi connectivity index (χ4v) is 2.18. The molecule has 8 nitrogen and oxygen atoms in total. The predicted molar refractivity (Wildman–Crippen MR) is 82.3 cm³/mol. The van der Waals surface area contributed by atoms with Gasteiger partial charge >= 0.3 is 0 Å². The summed E-state index contributed by atoms with van der Waals surface area (Å²) >= 11 is 0. The number of benzene rings is 1. The Morgan fingerprint density at radius 2 is 1.88 bits per heavy atom. The molecule has 0 atom stereocenters. The second-order valence-electron chi connectivity index (χ2n) is 4.85. The molecule has 3 heterocycles. The third kappa shape index (κ3) is 2.28. The van der Waals surface area contributed by atoms with Crippen LogP contribution in [0, 0.1) is 5.82 Å². The molecule has 1 aromatic carbocycles. The molecule has 0 saturated heterocycles. The van der Waals surface area contributed by atoms with E-state index in [4.69, 9.17) is 10.3 Å². The number of hydrogen-bond donors (Lipinski definition) is 1. The molecule has 0 saturated carbocycles. The van der Waals surface area contributed by atoms with Crippen molar-refractivity contribution in [3.63, 3.8) is 0 Å². The molecule has 4 rings (SSSR count). The minimum Gasteiger partial charge on any atom is -0.382 e. The molecule has 0 bridgehead atoms. The van der Waals surface area contributed by atoms with Gasteiger partial charge in [0.2, 0.25) is 5.82 Å². The van der Waals surface area contributed by atoms with Gasteiger partial charge < -0.3 is 10.3 Å². The van der Waals surface area contributed by atoms with Gasteiger partial charge in [-0.1, -0.05) is 22.5 Å². The van der Waals surface area contributed by atoms with Crippen LogP contribution in [0.5, 0.6) is 0 Å². The molecule has 2 N–H and O–H groups in total. The molecule has 0 spiro atoms. The molecule has 0 amide bonds. The highest BCUT2D eigenvalue weighted by Crippen LogP contribution is 2.26. The van der Waals surface area contributed by atoms with Gasteiger partial charge in [0.25, 0.3) is 5.89 Å². The number of nitrogen functional groups attached to an aromatic ring is 1. The third-order valence-corrected chi connectivity index (χ3v) is 3.35. The van der Waals surface area contributed by atoms with E-state index in [2.05, 4.69) is 25.4 Å². The number of pyridine rings is 1. The molecule has 0 aliphatic carbocycles. The molecular formula is C15H10FN7O. The normalized spacial score (nSPS) is 10.9. The standard InChI is InChI=1S/C15H10FN7O/c16-10-3-1-2-4-11(10)23-13(17)12(20-22-23)15-19-14(21-24-15)9-5-7-18-8-6-9/h1-8H,17H2. The van der Waals surface area contributed by atoms with Crippen molar-refractivity contribution < 1.29 is 8.91 Å². The van der Waals surface area contributed by atoms with Gasteiger partial charge in [-0.2, -0.15) is 9.67 Å². The number of nitrogens with two attached hydrogens (primary N) is 1. The van der Waals surface area contributed by atoms with Gasteiger partial charge in [-0.3, -0.25) is 4.98 Å². The molecule has 4 aromatic rings. The Bertz CT molecular complexity index is 996. The summed E-state index contributed by atoms with van der Waals surface area (Å²) in [5, 5.41) is 11.7. The Kier molecular flexibility index (Phi) is 3.23. The number of halogens is 1. The zero-order valence-electron chi connectivity index (χ0n) is 12.2. The molecular weight excluding hydrogens is 313 g/mol. The Morgan fingerprint density at radius 3 is 2.67 bits per heavy atom. The lowest BCUT2D eigenvalue weighted by Gasteiger charge is -2.03. The molecule has 0 fully saturated rings. The molecule has 0 aliphatic heterocycles. The summed E-state index contributed by atoms with van der Waals surface area (Å²) < 4.78 is 20.3. The summed E-state index contributed by atoms with van der Waals surface area (Å²) in [4.78, 5) is 8.17. The van der Waals surface area contributed by atoms with Crippen LogP contribution in [0.25, 0.3) is 28.7 Å². The lowest BCUT2D eigenvalue weighted by atomic mass is 10.2. The lowest BCUT2D eigenvalue weighted by molar-refractivity contribution is 0.431. The topological polar surface area (TPSA) is 109 Å². The van der Waals surface area contributed by atoms with Gasteiger partial charge in [0, 0.05) is 18.0 Å².